The topological polar surface area (TPSA) is 52.6 Å². The molecule has 28 heavy (non-hydrogen) atoms. The summed E-state index contributed by atoms with van der Waals surface area (Å²) >= 11 is 0. The van der Waals surface area contributed by atoms with Crippen molar-refractivity contribution in [3.05, 3.63) is 24.3 Å². The lowest BCUT2D eigenvalue weighted by Gasteiger charge is -2.18. The number of hydrogen-bond donors (Lipinski definition) is 0. The summed E-state index contributed by atoms with van der Waals surface area (Å²) in [4.78, 5) is 21.8. The Morgan fingerprint density at radius 3 is 1.43 bits per heavy atom. The van der Waals surface area contributed by atoms with Crippen molar-refractivity contribution in [2.45, 2.75) is 116 Å². The molecule has 4 heteroatoms. The first-order chi connectivity index (χ1) is 13.7. The van der Waals surface area contributed by atoms with Gasteiger partial charge < -0.3 is 9.47 Å². The van der Waals surface area contributed by atoms with Crippen molar-refractivity contribution in [3.8, 4) is 0 Å². The number of carbonyl (C=O) groups is 2. The van der Waals surface area contributed by atoms with E-state index >= 15 is 0 Å². The van der Waals surface area contributed by atoms with E-state index in [0.717, 1.165) is 25.7 Å². The van der Waals surface area contributed by atoms with Gasteiger partial charge in [0.15, 0.2) is 0 Å². The third-order valence-corrected chi connectivity index (χ3v) is 5.13. The minimum atomic E-state index is -0.171. The van der Waals surface area contributed by atoms with Crippen LogP contribution >= 0.6 is 0 Å². The molecule has 0 amide bonds. The summed E-state index contributed by atoms with van der Waals surface area (Å²) in [6.07, 6.45) is 23.8. The molecule has 0 aromatic heterocycles. The van der Waals surface area contributed by atoms with Gasteiger partial charge in [0, 0.05) is 25.0 Å². The highest BCUT2D eigenvalue weighted by atomic mass is 16.5. The highest BCUT2D eigenvalue weighted by molar-refractivity contribution is 5.83. The molecule has 0 saturated heterocycles. The Kier molecular flexibility index (Phi) is 14.3. The summed E-state index contributed by atoms with van der Waals surface area (Å²) < 4.78 is 10.3. The van der Waals surface area contributed by atoms with Gasteiger partial charge in [0.25, 0.3) is 0 Å². The lowest BCUT2D eigenvalue weighted by Crippen LogP contribution is -2.19. The minimum Gasteiger partial charge on any atom is -0.459 e. The number of hydrogen-bond acceptors (Lipinski definition) is 4. The highest BCUT2D eigenvalue weighted by Gasteiger charge is 2.15. The van der Waals surface area contributed by atoms with Crippen LogP contribution in [-0.4, -0.2) is 24.1 Å². The summed E-state index contributed by atoms with van der Waals surface area (Å²) in [5, 5.41) is 0. The third-order valence-electron chi connectivity index (χ3n) is 5.13. The maximum Gasteiger partial charge on any atom is 0.330 e. The standard InChI is InChI=1S/2C12H20O2/c2*1-2-3-4-5-6-8-11-9-7-10-12(13)14-11/h2*7,10-11H,2-6,8-9H2,1H3. The third kappa shape index (κ3) is 12.7. The van der Waals surface area contributed by atoms with E-state index in [1.807, 2.05) is 12.2 Å². The van der Waals surface area contributed by atoms with Gasteiger partial charge in [0.1, 0.15) is 12.2 Å². The van der Waals surface area contributed by atoms with E-state index in [1.54, 1.807) is 0 Å². The molecule has 0 fully saturated rings. The molecule has 0 saturated carbocycles. The van der Waals surface area contributed by atoms with Gasteiger partial charge in [-0.05, 0) is 25.7 Å². The average Bonchev–Trinajstić information content (AvgIpc) is 2.68. The number of cyclic esters (lactones) is 2. The molecule has 2 unspecified atom stereocenters. The summed E-state index contributed by atoms with van der Waals surface area (Å²) in [7, 11) is 0. The van der Waals surface area contributed by atoms with Gasteiger partial charge in [-0.3, -0.25) is 0 Å². The Labute approximate surface area is 171 Å². The SMILES string of the molecule is CCCCCCCC1CC=CC(=O)O1.CCCCCCCC1CC=CC(=O)O1. The van der Waals surface area contributed by atoms with Gasteiger partial charge in [0.2, 0.25) is 0 Å². The first-order valence-corrected chi connectivity index (χ1v) is 11.4. The van der Waals surface area contributed by atoms with Gasteiger partial charge in [-0.25, -0.2) is 9.59 Å². The van der Waals surface area contributed by atoms with Crippen molar-refractivity contribution in [2.75, 3.05) is 0 Å². The van der Waals surface area contributed by atoms with Crippen LogP contribution in [0.15, 0.2) is 24.3 Å². The molecule has 0 aromatic carbocycles. The Morgan fingerprint density at radius 1 is 0.679 bits per heavy atom. The maximum absolute atomic E-state index is 10.9. The molecule has 160 valence electrons. The lowest BCUT2D eigenvalue weighted by molar-refractivity contribution is -0.145. The predicted molar refractivity (Wildman–Crippen MR) is 114 cm³/mol. The van der Waals surface area contributed by atoms with Gasteiger partial charge >= 0.3 is 11.9 Å². The van der Waals surface area contributed by atoms with Crippen molar-refractivity contribution in [3.63, 3.8) is 0 Å². The number of esters is 2. The summed E-state index contributed by atoms with van der Waals surface area (Å²) in [6.45, 7) is 4.43. The lowest BCUT2D eigenvalue weighted by atomic mass is 10.0. The van der Waals surface area contributed by atoms with E-state index in [4.69, 9.17) is 9.47 Å². The Morgan fingerprint density at radius 2 is 1.07 bits per heavy atom. The molecule has 2 aliphatic rings. The van der Waals surface area contributed by atoms with Gasteiger partial charge in [-0.2, -0.15) is 0 Å². The van der Waals surface area contributed by atoms with Gasteiger partial charge in [-0.1, -0.05) is 77.4 Å². The molecule has 0 aliphatic carbocycles. The molecule has 2 atom stereocenters. The molecular weight excluding hydrogens is 352 g/mol. The van der Waals surface area contributed by atoms with Crippen LogP contribution in [0.25, 0.3) is 0 Å². The molecule has 0 spiro atoms. The van der Waals surface area contributed by atoms with Crippen molar-refractivity contribution < 1.29 is 19.1 Å². The zero-order valence-corrected chi connectivity index (χ0v) is 18.0. The van der Waals surface area contributed by atoms with Gasteiger partial charge in [-0.15, -0.1) is 0 Å². The van der Waals surface area contributed by atoms with Crippen LogP contribution in [0.5, 0.6) is 0 Å². The summed E-state index contributed by atoms with van der Waals surface area (Å²) in [5.41, 5.74) is 0. The molecule has 0 N–H and O–H groups in total. The van der Waals surface area contributed by atoms with E-state index in [2.05, 4.69) is 13.8 Å². The Hall–Kier alpha value is -1.58. The number of ether oxygens (including phenoxy) is 2. The van der Waals surface area contributed by atoms with Crippen LogP contribution in [-0.2, 0) is 19.1 Å². The number of unbranched alkanes of at least 4 members (excludes halogenated alkanes) is 8. The first-order valence-electron chi connectivity index (χ1n) is 11.4. The Balaban J connectivity index is 0.000000280. The van der Waals surface area contributed by atoms with Crippen LogP contribution in [0, 0.1) is 0 Å². The highest BCUT2D eigenvalue weighted by Crippen LogP contribution is 2.16. The zero-order valence-electron chi connectivity index (χ0n) is 18.0. The van der Waals surface area contributed by atoms with E-state index in [-0.39, 0.29) is 24.1 Å². The van der Waals surface area contributed by atoms with Crippen molar-refractivity contribution >= 4 is 11.9 Å². The van der Waals surface area contributed by atoms with E-state index < -0.39 is 0 Å². The second-order valence-corrected chi connectivity index (χ2v) is 7.80. The van der Waals surface area contributed by atoms with Crippen LogP contribution in [0.3, 0.4) is 0 Å². The second-order valence-electron chi connectivity index (χ2n) is 7.80. The molecule has 0 radical (unpaired) electrons. The minimum absolute atomic E-state index is 0.147. The molecule has 2 heterocycles. The van der Waals surface area contributed by atoms with E-state index in [0.29, 0.717) is 0 Å². The Bertz CT molecular complexity index is 437. The van der Waals surface area contributed by atoms with Crippen LogP contribution in [0.2, 0.25) is 0 Å². The summed E-state index contributed by atoms with van der Waals surface area (Å²) in [5.74, 6) is -0.343. The summed E-state index contributed by atoms with van der Waals surface area (Å²) in [6, 6.07) is 0. The van der Waals surface area contributed by atoms with Crippen LogP contribution in [0.4, 0.5) is 0 Å². The van der Waals surface area contributed by atoms with Gasteiger partial charge in [0.05, 0.1) is 0 Å². The normalized spacial score (nSPS) is 20.9. The first kappa shape index (κ1) is 24.5. The molecule has 0 aromatic rings. The van der Waals surface area contributed by atoms with E-state index in [1.165, 1.54) is 76.4 Å². The van der Waals surface area contributed by atoms with Crippen molar-refractivity contribution in [2.24, 2.45) is 0 Å². The van der Waals surface area contributed by atoms with Crippen LogP contribution < -0.4 is 0 Å². The quantitative estimate of drug-likeness (QED) is 0.283. The molecule has 4 nitrogen and oxygen atoms in total. The zero-order chi connectivity index (χ0) is 20.5. The van der Waals surface area contributed by atoms with Crippen molar-refractivity contribution in [1.29, 1.82) is 0 Å². The fourth-order valence-electron chi connectivity index (χ4n) is 3.44. The second kappa shape index (κ2) is 16.4. The monoisotopic (exact) mass is 392 g/mol. The largest absolute Gasteiger partial charge is 0.459 e. The number of carbonyl (C=O) groups excluding carboxylic acids is 2. The predicted octanol–water partition coefficient (Wildman–Crippen LogP) is 6.44. The average molecular weight is 393 g/mol. The smallest absolute Gasteiger partial charge is 0.330 e. The van der Waals surface area contributed by atoms with E-state index in [9.17, 15) is 9.59 Å². The van der Waals surface area contributed by atoms with Crippen LogP contribution in [0.1, 0.15) is 104 Å². The molecule has 2 aliphatic heterocycles. The number of rotatable bonds is 12. The maximum atomic E-state index is 10.9. The molecule has 2 rings (SSSR count). The van der Waals surface area contributed by atoms with Crippen molar-refractivity contribution in [1.82, 2.24) is 0 Å². The molecule has 0 bridgehead atoms. The fraction of sp³-hybridized carbons (Fsp3) is 0.750. The fourth-order valence-corrected chi connectivity index (χ4v) is 3.44. The molecular formula is C24H40O4.